The Morgan fingerprint density at radius 2 is 1.69 bits per heavy atom. The Labute approximate surface area is 158 Å². The van der Waals surface area contributed by atoms with E-state index in [1.165, 1.54) is 21.3 Å². The number of carbonyl (C=O) groups is 2. The molecule has 1 aromatic rings. The molecule has 0 spiro atoms. The van der Waals surface area contributed by atoms with Gasteiger partial charge in [0, 0.05) is 37.0 Å². The van der Waals surface area contributed by atoms with Crippen LogP contribution in [0, 0.1) is 0 Å². The number of hydrogen-bond acceptors (Lipinski definition) is 5. The maximum Gasteiger partial charge on any atom is 0.254 e. The van der Waals surface area contributed by atoms with E-state index in [1.54, 1.807) is 17.0 Å². The van der Waals surface area contributed by atoms with Crippen molar-refractivity contribution >= 4 is 23.4 Å². The van der Waals surface area contributed by atoms with Gasteiger partial charge in [-0.05, 0) is 25.0 Å². The van der Waals surface area contributed by atoms with Gasteiger partial charge in [0.05, 0.1) is 21.3 Å². The molecule has 1 aromatic carbocycles. The minimum Gasteiger partial charge on any atom is -0.493 e. The largest absolute Gasteiger partial charge is 0.493 e. The van der Waals surface area contributed by atoms with Crippen molar-refractivity contribution in [2.75, 3.05) is 40.3 Å². The number of carbonyl (C=O) groups excluding carboxylic acids is 2. The zero-order chi connectivity index (χ0) is 19.1. The molecule has 1 aliphatic heterocycles. The number of piperidine rings is 1. The smallest absolute Gasteiger partial charge is 0.254 e. The number of hydrogen-bond donors (Lipinski definition) is 1. The number of halogens is 1. The highest BCUT2D eigenvalue weighted by Crippen LogP contribution is 2.38. The van der Waals surface area contributed by atoms with Crippen LogP contribution in [0.15, 0.2) is 12.1 Å². The lowest BCUT2D eigenvalue weighted by Crippen LogP contribution is -2.46. The lowest BCUT2D eigenvalue weighted by Gasteiger charge is -2.32. The summed E-state index contributed by atoms with van der Waals surface area (Å²) in [6.45, 7) is 1.14. The zero-order valence-electron chi connectivity index (χ0n) is 15.3. The van der Waals surface area contributed by atoms with Gasteiger partial charge in [0.2, 0.25) is 11.7 Å². The van der Waals surface area contributed by atoms with Crippen LogP contribution in [-0.4, -0.2) is 63.1 Å². The SMILES string of the molecule is COc1cc(C(=O)N2CCC(NC(=O)CCCl)CC2)cc(OC)c1OC. The van der Waals surface area contributed by atoms with Crippen LogP contribution in [0.5, 0.6) is 17.2 Å². The Bertz CT molecular complexity index is 619. The Balaban J connectivity index is 2.05. The molecule has 144 valence electrons. The second-order valence-electron chi connectivity index (χ2n) is 5.99. The fourth-order valence-corrected chi connectivity index (χ4v) is 3.17. The first kappa shape index (κ1) is 20.2. The topological polar surface area (TPSA) is 77.1 Å². The summed E-state index contributed by atoms with van der Waals surface area (Å²) in [5.74, 6) is 1.50. The number of methoxy groups -OCH3 is 3. The van der Waals surface area contributed by atoms with Gasteiger partial charge in [-0.1, -0.05) is 0 Å². The van der Waals surface area contributed by atoms with Gasteiger partial charge in [-0.25, -0.2) is 0 Å². The molecule has 1 fully saturated rings. The van der Waals surface area contributed by atoms with Gasteiger partial charge in [0.15, 0.2) is 11.5 Å². The number of ether oxygens (including phenoxy) is 3. The number of nitrogens with zero attached hydrogens (tertiary/aromatic N) is 1. The van der Waals surface area contributed by atoms with Crippen LogP contribution in [0.25, 0.3) is 0 Å². The van der Waals surface area contributed by atoms with Gasteiger partial charge in [-0.3, -0.25) is 9.59 Å². The molecule has 26 heavy (non-hydrogen) atoms. The quantitative estimate of drug-likeness (QED) is 0.728. The highest BCUT2D eigenvalue weighted by Gasteiger charge is 2.26. The molecule has 0 saturated carbocycles. The third-order valence-electron chi connectivity index (χ3n) is 4.38. The molecule has 0 aliphatic carbocycles. The van der Waals surface area contributed by atoms with Crippen LogP contribution in [0.4, 0.5) is 0 Å². The summed E-state index contributed by atoms with van der Waals surface area (Å²) in [6.07, 6.45) is 1.74. The zero-order valence-corrected chi connectivity index (χ0v) is 16.1. The van der Waals surface area contributed by atoms with E-state index in [0.717, 1.165) is 0 Å². The summed E-state index contributed by atoms with van der Waals surface area (Å²) >= 11 is 5.57. The highest BCUT2D eigenvalue weighted by molar-refractivity contribution is 6.18. The molecule has 2 rings (SSSR count). The lowest BCUT2D eigenvalue weighted by molar-refractivity contribution is -0.121. The van der Waals surface area contributed by atoms with Crippen molar-refractivity contribution in [3.8, 4) is 17.2 Å². The maximum absolute atomic E-state index is 12.8. The van der Waals surface area contributed by atoms with Crippen molar-refractivity contribution in [3.63, 3.8) is 0 Å². The summed E-state index contributed by atoms with van der Waals surface area (Å²) in [4.78, 5) is 26.2. The molecule has 0 atom stereocenters. The monoisotopic (exact) mass is 384 g/mol. The van der Waals surface area contributed by atoms with Gasteiger partial charge in [0.1, 0.15) is 0 Å². The first-order valence-electron chi connectivity index (χ1n) is 8.48. The molecule has 1 saturated heterocycles. The number of nitrogens with one attached hydrogen (secondary N) is 1. The molecule has 1 heterocycles. The van der Waals surface area contributed by atoms with Crippen molar-refractivity contribution in [2.45, 2.75) is 25.3 Å². The molecule has 0 unspecified atom stereocenters. The molecule has 1 N–H and O–H groups in total. The van der Waals surface area contributed by atoms with Crippen molar-refractivity contribution in [2.24, 2.45) is 0 Å². The number of alkyl halides is 1. The number of benzene rings is 1. The van der Waals surface area contributed by atoms with Gasteiger partial charge in [-0.2, -0.15) is 0 Å². The maximum atomic E-state index is 12.8. The molecular formula is C18H25ClN2O5. The number of rotatable bonds is 7. The predicted molar refractivity (Wildman–Crippen MR) is 98.5 cm³/mol. The van der Waals surface area contributed by atoms with Crippen LogP contribution in [-0.2, 0) is 4.79 Å². The van der Waals surface area contributed by atoms with Gasteiger partial charge >= 0.3 is 0 Å². The summed E-state index contributed by atoms with van der Waals surface area (Å²) in [5.41, 5.74) is 0.476. The number of likely N-dealkylation sites (tertiary alicyclic amines) is 1. The third kappa shape index (κ3) is 4.72. The molecule has 2 amide bonds. The van der Waals surface area contributed by atoms with Gasteiger partial charge in [-0.15, -0.1) is 11.6 Å². The summed E-state index contributed by atoms with van der Waals surface area (Å²) in [7, 11) is 4.55. The van der Waals surface area contributed by atoms with Gasteiger partial charge < -0.3 is 24.4 Å². The first-order valence-corrected chi connectivity index (χ1v) is 9.02. The van der Waals surface area contributed by atoms with Crippen LogP contribution >= 0.6 is 11.6 Å². The van der Waals surface area contributed by atoms with Crippen LogP contribution < -0.4 is 19.5 Å². The van der Waals surface area contributed by atoms with E-state index in [2.05, 4.69) is 5.32 Å². The minimum atomic E-state index is -0.102. The average molecular weight is 385 g/mol. The van der Waals surface area contributed by atoms with Crippen molar-refractivity contribution in [1.82, 2.24) is 10.2 Å². The predicted octanol–water partition coefficient (Wildman–Crippen LogP) is 2.06. The van der Waals surface area contributed by atoms with Crippen molar-refractivity contribution < 1.29 is 23.8 Å². The van der Waals surface area contributed by atoms with E-state index in [-0.39, 0.29) is 17.9 Å². The highest BCUT2D eigenvalue weighted by atomic mass is 35.5. The van der Waals surface area contributed by atoms with E-state index in [1.807, 2.05) is 0 Å². The van der Waals surface area contributed by atoms with E-state index < -0.39 is 0 Å². The summed E-state index contributed by atoms with van der Waals surface area (Å²) in [5, 5.41) is 2.95. The molecule has 8 heteroatoms. The molecule has 1 aliphatic rings. The van der Waals surface area contributed by atoms with Crippen LogP contribution in [0.2, 0.25) is 0 Å². The normalized spacial score (nSPS) is 14.7. The first-order chi connectivity index (χ1) is 12.5. The fourth-order valence-electron chi connectivity index (χ4n) is 3.00. The second-order valence-corrected chi connectivity index (χ2v) is 6.36. The molecule has 0 bridgehead atoms. The molecular weight excluding hydrogens is 360 g/mol. The third-order valence-corrected chi connectivity index (χ3v) is 4.57. The lowest BCUT2D eigenvalue weighted by atomic mass is 10.0. The summed E-state index contributed by atoms with van der Waals surface area (Å²) in [6, 6.07) is 3.38. The van der Waals surface area contributed by atoms with Crippen molar-refractivity contribution in [1.29, 1.82) is 0 Å². The molecule has 0 aromatic heterocycles. The second kappa shape index (κ2) is 9.52. The standard InChI is InChI=1S/C18H25ClN2O5/c1-24-14-10-12(11-15(25-2)17(14)26-3)18(23)21-8-5-13(6-9-21)20-16(22)4-7-19/h10-11,13H,4-9H2,1-3H3,(H,20,22). The fraction of sp³-hybridized carbons (Fsp3) is 0.556. The Morgan fingerprint density at radius 3 is 2.15 bits per heavy atom. The molecule has 7 nitrogen and oxygen atoms in total. The van der Waals surface area contributed by atoms with E-state index >= 15 is 0 Å². The molecule has 0 radical (unpaired) electrons. The van der Waals surface area contributed by atoms with Crippen molar-refractivity contribution in [3.05, 3.63) is 17.7 Å². The minimum absolute atomic E-state index is 0.0468. The van der Waals surface area contributed by atoms with Gasteiger partial charge in [0.25, 0.3) is 5.91 Å². The number of amides is 2. The van der Waals surface area contributed by atoms with Crippen LogP contribution in [0.1, 0.15) is 29.6 Å². The Morgan fingerprint density at radius 1 is 1.12 bits per heavy atom. The average Bonchev–Trinajstić information content (AvgIpc) is 2.66. The Hall–Kier alpha value is -2.15. The van der Waals surface area contributed by atoms with E-state index in [4.69, 9.17) is 25.8 Å². The van der Waals surface area contributed by atoms with Crippen LogP contribution in [0.3, 0.4) is 0 Å². The van der Waals surface area contributed by atoms with E-state index in [9.17, 15) is 9.59 Å². The Kier molecular flexibility index (Phi) is 7.38. The summed E-state index contributed by atoms with van der Waals surface area (Å²) < 4.78 is 15.9. The van der Waals surface area contributed by atoms with E-state index in [0.29, 0.717) is 61.0 Å².